The van der Waals surface area contributed by atoms with E-state index >= 15 is 0 Å². The van der Waals surface area contributed by atoms with Gasteiger partial charge >= 0.3 is 0 Å². The molecule has 0 saturated carbocycles. The second kappa shape index (κ2) is 7.49. The minimum Gasteiger partial charge on any atom is -0.355 e. The molecule has 0 aromatic heterocycles. The summed E-state index contributed by atoms with van der Waals surface area (Å²) < 4.78 is 9.69. The molecule has 0 bridgehead atoms. The predicted octanol–water partition coefficient (Wildman–Crippen LogP) is 1.11. The Hall–Kier alpha value is -0.160. The summed E-state index contributed by atoms with van der Waals surface area (Å²) in [7, 11) is 0. The summed E-state index contributed by atoms with van der Waals surface area (Å²) in [5, 5.41) is 0. The second-order valence-corrected chi connectivity index (χ2v) is 2.64. The van der Waals surface area contributed by atoms with E-state index in [-0.39, 0.29) is 0 Å². The third-order valence-electron chi connectivity index (χ3n) is 1.53. The molecular weight excluding hydrogens is 160 g/mol. The third-order valence-corrected chi connectivity index (χ3v) is 1.53. The predicted molar refractivity (Wildman–Crippen MR) is 42.5 cm³/mol. The average Bonchev–Trinajstić information content (AvgIpc) is 2.24. The first kappa shape index (κ1) is 9.92. The van der Waals surface area contributed by atoms with Crippen LogP contribution < -0.4 is 0 Å². The van der Waals surface area contributed by atoms with Gasteiger partial charge in [0.05, 0.1) is 26.4 Å². The van der Waals surface area contributed by atoms with Crippen molar-refractivity contribution in [3.8, 4) is 0 Å². The molecule has 0 aromatic rings. The lowest BCUT2D eigenvalue weighted by atomic mass is 10.3. The normalized spacial score (nSPS) is 24.0. The number of ether oxygens (including phenoxy) is 2. The highest BCUT2D eigenvalue weighted by Gasteiger charge is 1.96. The van der Waals surface area contributed by atoms with E-state index in [0.717, 1.165) is 45.7 Å². The van der Waals surface area contributed by atoms with Crippen LogP contribution in [0.4, 0.5) is 0 Å². The standard InChI is InChI=1S/2C4H8O2/c1-2-5-4-6-3-1;1-2-4-6-5-3-1/h2*1-4H2. The molecule has 0 aliphatic carbocycles. The van der Waals surface area contributed by atoms with E-state index in [1.807, 2.05) is 0 Å². The summed E-state index contributed by atoms with van der Waals surface area (Å²) in [6.45, 7) is 3.81. The summed E-state index contributed by atoms with van der Waals surface area (Å²) in [4.78, 5) is 9.14. The van der Waals surface area contributed by atoms with Crippen LogP contribution in [0.15, 0.2) is 0 Å². The van der Waals surface area contributed by atoms with Gasteiger partial charge in [-0.1, -0.05) is 0 Å². The van der Waals surface area contributed by atoms with E-state index in [1.165, 1.54) is 0 Å². The lowest BCUT2D eigenvalue weighted by Crippen LogP contribution is -2.11. The molecule has 2 heterocycles. The van der Waals surface area contributed by atoms with Crippen molar-refractivity contribution in [3.05, 3.63) is 0 Å². The molecule has 0 amide bonds. The SMILES string of the molecule is C1CCOOC1.C1COCOC1. The Morgan fingerprint density at radius 1 is 0.583 bits per heavy atom. The van der Waals surface area contributed by atoms with Crippen LogP contribution in [-0.2, 0) is 19.2 Å². The Balaban J connectivity index is 0.000000120. The molecule has 4 heteroatoms. The third kappa shape index (κ3) is 5.49. The van der Waals surface area contributed by atoms with Gasteiger partial charge in [-0.05, 0) is 19.3 Å². The Morgan fingerprint density at radius 3 is 1.33 bits per heavy atom. The molecule has 4 nitrogen and oxygen atoms in total. The molecule has 0 atom stereocenters. The molecule has 0 N–H and O–H groups in total. The van der Waals surface area contributed by atoms with Crippen molar-refractivity contribution in [2.75, 3.05) is 33.2 Å². The Labute approximate surface area is 72.7 Å². The van der Waals surface area contributed by atoms with Crippen molar-refractivity contribution in [1.82, 2.24) is 0 Å². The van der Waals surface area contributed by atoms with Crippen molar-refractivity contribution >= 4 is 0 Å². The van der Waals surface area contributed by atoms with Crippen molar-refractivity contribution in [1.29, 1.82) is 0 Å². The highest BCUT2D eigenvalue weighted by atomic mass is 17.2. The van der Waals surface area contributed by atoms with E-state index in [0.29, 0.717) is 6.79 Å². The van der Waals surface area contributed by atoms with Crippen LogP contribution in [0.1, 0.15) is 19.3 Å². The lowest BCUT2D eigenvalue weighted by molar-refractivity contribution is -0.312. The quantitative estimate of drug-likeness (QED) is 0.518. The van der Waals surface area contributed by atoms with Crippen molar-refractivity contribution in [2.45, 2.75) is 19.3 Å². The van der Waals surface area contributed by atoms with Crippen LogP contribution >= 0.6 is 0 Å². The summed E-state index contributed by atoms with van der Waals surface area (Å²) in [6, 6.07) is 0. The van der Waals surface area contributed by atoms with Gasteiger partial charge in [0.2, 0.25) is 0 Å². The van der Waals surface area contributed by atoms with E-state index in [9.17, 15) is 0 Å². The first-order valence-corrected chi connectivity index (χ1v) is 4.40. The first-order chi connectivity index (χ1) is 6.00. The molecule has 2 saturated heterocycles. The molecule has 0 unspecified atom stereocenters. The van der Waals surface area contributed by atoms with E-state index < -0.39 is 0 Å². The van der Waals surface area contributed by atoms with Crippen LogP contribution in [0.3, 0.4) is 0 Å². The highest BCUT2D eigenvalue weighted by Crippen LogP contribution is 1.97. The topological polar surface area (TPSA) is 36.9 Å². The number of hydrogen-bond acceptors (Lipinski definition) is 4. The van der Waals surface area contributed by atoms with Gasteiger partial charge in [-0.2, -0.15) is 0 Å². The molecule has 12 heavy (non-hydrogen) atoms. The van der Waals surface area contributed by atoms with E-state index in [1.54, 1.807) is 0 Å². The van der Waals surface area contributed by atoms with Crippen LogP contribution in [0, 0.1) is 0 Å². The minimum absolute atomic E-state index is 0.500. The molecule has 2 aliphatic rings. The molecular formula is C8H16O4. The molecule has 0 radical (unpaired) electrons. The monoisotopic (exact) mass is 176 g/mol. The van der Waals surface area contributed by atoms with Gasteiger partial charge in [0.15, 0.2) is 0 Å². The van der Waals surface area contributed by atoms with Crippen LogP contribution in [0.25, 0.3) is 0 Å². The lowest BCUT2D eigenvalue weighted by Gasteiger charge is -2.09. The maximum Gasteiger partial charge on any atom is 0.146 e. The number of hydrogen-bond donors (Lipinski definition) is 0. The second-order valence-electron chi connectivity index (χ2n) is 2.64. The molecule has 72 valence electrons. The molecule has 0 spiro atoms. The van der Waals surface area contributed by atoms with Gasteiger partial charge in [-0.3, -0.25) is 0 Å². The van der Waals surface area contributed by atoms with E-state index in [2.05, 4.69) is 9.78 Å². The Bertz CT molecular complexity index is 54.0. The minimum atomic E-state index is 0.500. The van der Waals surface area contributed by atoms with Crippen LogP contribution in [0.2, 0.25) is 0 Å². The van der Waals surface area contributed by atoms with Gasteiger partial charge in [0.1, 0.15) is 6.79 Å². The molecule has 2 rings (SSSR count). The van der Waals surface area contributed by atoms with Gasteiger partial charge < -0.3 is 9.47 Å². The summed E-state index contributed by atoms with van der Waals surface area (Å²) in [5.41, 5.74) is 0. The summed E-state index contributed by atoms with van der Waals surface area (Å²) in [6.07, 6.45) is 3.36. The molecule has 2 aliphatic heterocycles. The van der Waals surface area contributed by atoms with E-state index in [4.69, 9.17) is 9.47 Å². The van der Waals surface area contributed by atoms with Gasteiger partial charge in [0, 0.05) is 0 Å². The summed E-state index contributed by atoms with van der Waals surface area (Å²) in [5.74, 6) is 0. The van der Waals surface area contributed by atoms with Crippen molar-refractivity contribution in [3.63, 3.8) is 0 Å². The van der Waals surface area contributed by atoms with Gasteiger partial charge in [0.25, 0.3) is 0 Å². The average molecular weight is 176 g/mol. The fraction of sp³-hybridized carbons (Fsp3) is 1.00. The molecule has 0 aromatic carbocycles. The van der Waals surface area contributed by atoms with Gasteiger partial charge in [-0.15, -0.1) is 0 Å². The van der Waals surface area contributed by atoms with Crippen LogP contribution in [-0.4, -0.2) is 33.2 Å². The van der Waals surface area contributed by atoms with Crippen molar-refractivity contribution < 1.29 is 19.2 Å². The summed E-state index contributed by atoms with van der Waals surface area (Å²) >= 11 is 0. The Morgan fingerprint density at radius 2 is 1.17 bits per heavy atom. The smallest absolute Gasteiger partial charge is 0.146 e. The Kier molecular flexibility index (Phi) is 6.19. The largest absolute Gasteiger partial charge is 0.355 e. The fourth-order valence-corrected chi connectivity index (χ4v) is 0.880. The zero-order chi connectivity index (χ0) is 8.49. The maximum atomic E-state index is 4.85. The number of rotatable bonds is 0. The highest BCUT2D eigenvalue weighted by molar-refractivity contribution is 4.36. The zero-order valence-electron chi connectivity index (χ0n) is 7.29. The zero-order valence-corrected chi connectivity index (χ0v) is 7.29. The van der Waals surface area contributed by atoms with Crippen LogP contribution in [0.5, 0.6) is 0 Å². The molecule has 2 fully saturated rings. The van der Waals surface area contributed by atoms with Gasteiger partial charge in [-0.25, -0.2) is 9.78 Å². The fourth-order valence-electron chi connectivity index (χ4n) is 0.880. The first-order valence-electron chi connectivity index (χ1n) is 4.40. The maximum absolute atomic E-state index is 4.85. The van der Waals surface area contributed by atoms with Crippen molar-refractivity contribution in [2.24, 2.45) is 0 Å².